The maximum absolute atomic E-state index is 12.5. The molecule has 0 fully saturated rings. The van der Waals surface area contributed by atoms with E-state index < -0.39 is 10.5 Å². The number of para-hydroxylation sites is 2. The Bertz CT molecular complexity index is 1300. The average Bonchev–Trinajstić information content (AvgIpc) is 3.42. The number of nitrogens with one attached hydrogen (secondary N) is 2. The molecular formula is C26H30N6O6S3. The first kappa shape index (κ1) is 31.7. The van der Waals surface area contributed by atoms with Crippen LogP contribution < -0.4 is 29.8 Å². The molecule has 0 bridgehead atoms. The van der Waals surface area contributed by atoms with Crippen LogP contribution in [-0.2, 0) is 9.59 Å². The number of amides is 2. The van der Waals surface area contributed by atoms with E-state index in [0.29, 0.717) is 42.8 Å². The van der Waals surface area contributed by atoms with Gasteiger partial charge in [-0.05, 0) is 38.1 Å². The lowest BCUT2D eigenvalue weighted by atomic mass is 10.2. The van der Waals surface area contributed by atoms with Gasteiger partial charge in [-0.3, -0.25) is 9.59 Å². The molecule has 0 aliphatic carbocycles. The van der Waals surface area contributed by atoms with Gasteiger partial charge in [0.05, 0.1) is 51.4 Å². The van der Waals surface area contributed by atoms with Crippen molar-refractivity contribution in [1.29, 1.82) is 0 Å². The third kappa shape index (κ3) is 8.83. The van der Waals surface area contributed by atoms with Gasteiger partial charge in [-0.25, -0.2) is 10.9 Å². The number of thioether (sulfide) groups is 2. The van der Waals surface area contributed by atoms with Crippen LogP contribution in [0.2, 0.25) is 0 Å². The number of ether oxygens (including phenoxy) is 4. The van der Waals surface area contributed by atoms with Gasteiger partial charge in [0.2, 0.25) is 0 Å². The summed E-state index contributed by atoms with van der Waals surface area (Å²) in [7, 11) is 6.15. The van der Waals surface area contributed by atoms with Gasteiger partial charge in [-0.2, -0.15) is 10.2 Å². The second-order valence-corrected chi connectivity index (χ2v) is 12.1. The number of rotatable bonds is 14. The summed E-state index contributed by atoms with van der Waals surface area (Å²) in [5.74, 6) is 1.53. The van der Waals surface area contributed by atoms with Gasteiger partial charge in [-0.15, -0.1) is 10.2 Å². The Morgan fingerprint density at radius 2 is 1.17 bits per heavy atom. The summed E-state index contributed by atoms with van der Waals surface area (Å²) >= 11 is 3.77. The Balaban J connectivity index is 1.49. The molecule has 0 aliphatic rings. The summed E-state index contributed by atoms with van der Waals surface area (Å²) in [5.41, 5.74) is 6.35. The standard InChI is InChI=1S/C26H30N6O6S3/c1-15(23(33)29-27-13-17-9-7-11-19(35-3)21(17)37-5)39-25-31-32-26(41-25)40-16(2)24(34)30-28-14-18-10-8-12-20(36-4)22(18)38-6/h7-16H,1-6H3,(H,29,33)(H,30,34)/b27-13-,28-14+. The van der Waals surface area contributed by atoms with Gasteiger partial charge >= 0.3 is 0 Å². The van der Waals surface area contributed by atoms with Crippen molar-refractivity contribution in [2.45, 2.75) is 33.0 Å². The van der Waals surface area contributed by atoms with Crippen LogP contribution in [0.3, 0.4) is 0 Å². The maximum Gasteiger partial charge on any atom is 0.253 e. The monoisotopic (exact) mass is 618 g/mol. The van der Waals surface area contributed by atoms with Crippen LogP contribution in [-0.4, -0.2) is 73.4 Å². The van der Waals surface area contributed by atoms with Crippen molar-refractivity contribution < 1.29 is 28.5 Å². The van der Waals surface area contributed by atoms with Crippen LogP contribution in [0.5, 0.6) is 23.0 Å². The number of nitrogens with zero attached hydrogens (tertiary/aromatic N) is 4. The van der Waals surface area contributed by atoms with Crippen LogP contribution in [0.15, 0.2) is 55.3 Å². The van der Waals surface area contributed by atoms with Gasteiger partial charge in [0.1, 0.15) is 0 Å². The number of carbonyl (C=O) groups is 2. The van der Waals surface area contributed by atoms with E-state index in [9.17, 15) is 9.59 Å². The minimum absolute atomic E-state index is 0.309. The van der Waals surface area contributed by atoms with E-state index in [4.69, 9.17) is 18.9 Å². The Hall–Kier alpha value is -3.82. The van der Waals surface area contributed by atoms with E-state index in [0.717, 1.165) is 0 Å². The maximum atomic E-state index is 12.5. The Labute approximate surface area is 250 Å². The van der Waals surface area contributed by atoms with Crippen LogP contribution in [0.4, 0.5) is 0 Å². The predicted molar refractivity (Wildman–Crippen MR) is 161 cm³/mol. The number of methoxy groups -OCH3 is 4. The van der Waals surface area contributed by atoms with Gasteiger partial charge in [0.15, 0.2) is 31.7 Å². The Kier molecular flexibility index (Phi) is 12.2. The number of carbonyl (C=O) groups excluding carboxylic acids is 2. The topological polar surface area (TPSA) is 146 Å². The lowest BCUT2D eigenvalue weighted by Gasteiger charge is -2.10. The third-order valence-corrected chi connectivity index (χ3v) is 8.60. The number of hydrogen-bond acceptors (Lipinski definition) is 13. The summed E-state index contributed by atoms with van der Waals surface area (Å²) in [4.78, 5) is 25.1. The van der Waals surface area contributed by atoms with Crippen molar-refractivity contribution in [2.24, 2.45) is 10.2 Å². The molecule has 2 atom stereocenters. The highest BCUT2D eigenvalue weighted by molar-refractivity contribution is 8.04. The first-order valence-electron chi connectivity index (χ1n) is 12.1. The number of hydrazone groups is 2. The molecule has 2 aromatic carbocycles. The minimum Gasteiger partial charge on any atom is -0.493 e. The van der Waals surface area contributed by atoms with Crippen molar-refractivity contribution in [1.82, 2.24) is 21.0 Å². The highest BCUT2D eigenvalue weighted by Gasteiger charge is 2.20. The normalized spacial score (nSPS) is 12.6. The fourth-order valence-corrected chi connectivity index (χ4v) is 6.54. The van der Waals surface area contributed by atoms with Crippen molar-refractivity contribution >= 4 is 59.1 Å². The molecule has 0 radical (unpaired) electrons. The quantitative estimate of drug-likeness (QED) is 0.155. The predicted octanol–water partition coefficient (Wildman–Crippen LogP) is 3.83. The molecule has 0 spiro atoms. The van der Waals surface area contributed by atoms with Crippen molar-refractivity contribution in [3.05, 3.63) is 47.5 Å². The first-order valence-corrected chi connectivity index (χ1v) is 14.6. The molecule has 2 unspecified atom stereocenters. The molecule has 15 heteroatoms. The zero-order chi connectivity index (χ0) is 29.8. The molecule has 218 valence electrons. The van der Waals surface area contributed by atoms with Crippen LogP contribution in [0.25, 0.3) is 0 Å². The fraction of sp³-hybridized carbons (Fsp3) is 0.308. The smallest absolute Gasteiger partial charge is 0.253 e. The SMILES string of the molecule is COc1cccc(/C=N\NC(=O)C(C)Sc2nnc(SC(C)C(=O)N/N=C/c3cccc(OC)c3OC)s2)c1OC. The third-order valence-electron chi connectivity index (χ3n) is 5.31. The lowest BCUT2D eigenvalue weighted by Crippen LogP contribution is -2.26. The van der Waals surface area contributed by atoms with Gasteiger partial charge in [0.25, 0.3) is 11.8 Å². The zero-order valence-corrected chi connectivity index (χ0v) is 25.7. The number of aromatic nitrogens is 2. The van der Waals surface area contributed by atoms with E-state index in [-0.39, 0.29) is 11.8 Å². The van der Waals surface area contributed by atoms with Crippen LogP contribution in [0.1, 0.15) is 25.0 Å². The van der Waals surface area contributed by atoms with Gasteiger partial charge in [0, 0.05) is 11.1 Å². The molecule has 12 nitrogen and oxygen atoms in total. The molecule has 3 rings (SSSR count). The van der Waals surface area contributed by atoms with Crippen LogP contribution in [0, 0.1) is 0 Å². The molecule has 41 heavy (non-hydrogen) atoms. The molecule has 3 aromatic rings. The van der Waals surface area contributed by atoms with E-state index in [1.807, 2.05) is 0 Å². The molecule has 0 aliphatic heterocycles. The van der Waals surface area contributed by atoms with Crippen molar-refractivity contribution in [2.75, 3.05) is 28.4 Å². The van der Waals surface area contributed by atoms with Gasteiger partial charge in [-0.1, -0.05) is 47.0 Å². The summed E-state index contributed by atoms with van der Waals surface area (Å²) in [6.45, 7) is 3.47. The van der Waals surface area contributed by atoms with Crippen molar-refractivity contribution in [3.63, 3.8) is 0 Å². The lowest BCUT2D eigenvalue weighted by molar-refractivity contribution is -0.121. The molecule has 0 saturated carbocycles. The second-order valence-electron chi connectivity index (χ2n) is 7.99. The van der Waals surface area contributed by atoms with Crippen LogP contribution >= 0.6 is 34.9 Å². The van der Waals surface area contributed by atoms with Gasteiger partial charge < -0.3 is 18.9 Å². The Morgan fingerprint density at radius 1 is 0.756 bits per heavy atom. The molecule has 2 amide bonds. The average molecular weight is 619 g/mol. The molecular weight excluding hydrogens is 589 g/mol. The number of benzene rings is 2. The molecule has 2 N–H and O–H groups in total. The Morgan fingerprint density at radius 3 is 1.54 bits per heavy atom. The van der Waals surface area contributed by atoms with E-state index >= 15 is 0 Å². The molecule has 1 aromatic heterocycles. The van der Waals surface area contributed by atoms with E-state index in [1.54, 1.807) is 64.5 Å². The largest absolute Gasteiger partial charge is 0.493 e. The van der Waals surface area contributed by atoms with Crippen molar-refractivity contribution in [3.8, 4) is 23.0 Å². The highest BCUT2D eigenvalue weighted by atomic mass is 32.2. The first-order chi connectivity index (χ1) is 19.8. The summed E-state index contributed by atoms with van der Waals surface area (Å²) in [6.07, 6.45) is 2.97. The second kappa shape index (κ2) is 15.8. The summed E-state index contributed by atoms with van der Waals surface area (Å²) < 4.78 is 22.4. The molecule has 0 saturated heterocycles. The summed E-state index contributed by atoms with van der Waals surface area (Å²) in [5, 5.41) is 15.4. The highest BCUT2D eigenvalue weighted by Crippen LogP contribution is 2.33. The summed E-state index contributed by atoms with van der Waals surface area (Å²) in [6, 6.07) is 10.7. The molecule has 1 heterocycles. The van der Waals surface area contributed by atoms with E-state index in [1.165, 1.54) is 61.5 Å². The number of hydrogen-bond donors (Lipinski definition) is 2. The van der Waals surface area contributed by atoms with E-state index in [2.05, 4.69) is 31.3 Å². The minimum atomic E-state index is -0.492. The zero-order valence-electron chi connectivity index (χ0n) is 23.2. The fourth-order valence-electron chi connectivity index (χ4n) is 3.24.